The van der Waals surface area contributed by atoms with Crippen molar-refractivity contribution < 1.29 is 13.5 Å². The number of rotatable bonds is 5. The smallest absolute Gasteiger partial charge is 0.153 e. The predicted molar refractivity (Wildman–Crippen MR) is 128 cm³/mol. The summed E-state index contributed by atoms with van der Waals surface area (Å²) in [6.45, 7) is 6.77. The van der Waals surface area contributed by atoms with Gasteiger partial charge in [0.1, 0.15) is 17.4 Å². The summed E-state index contributed by atoms with van der Waals surface area (Å²) < 4.78 is 34.1. The summed E-state index contributed by atoms with van der Waals surface area (Å²) in [6.07, 6.45) is 3.50. The molecule has 2 heterocycles. The second kappa shape index (κ2) is 9.14. The van der Waals surface area contributed by atoms with E-state index in [0.29, 0.717) is 17.1 Å². The highest BCUT2D eigenvalue weighted by molar-refractivity contribution is 5.62. The number of hydrogen-bond donors (Lipinski definition) is 0. The van der Waals surface area contributed by atoms with E-state index in [1.54, 1.807) is 19.1 Å². The first-order valence-electron chi connectivity index (χ1n) is 11.7. The molecule has 0 aromatic heterocycles. The third kappa shape index (κ3) is 4.88. The maximum Gasteiger partial charge on any atom is 0.153 e. The molecule has 1 spiro atoms. The molecule has 2 aliphatic rings. The Hall–Kier alpha value is -2.92. The van der Waals surface area contributed by atoms with E-state index in [-0.39, 0.29) is 17.0 Å². The monoisotopic (exact) mass is 448 g/mol. The van der Waals surface area contributed by atoms with Gasteiger partial charge >= 0.3 is 0 Å². The molecule has 0 N–H and O–H groups in total. The van der Waals surface area contributed by atoms with Crippen molar-refractivity contribution in [2.75, 3.05) is 31.1 Å². The van der Waals surface area contributed by atoms with Gasteiger partial charge in [-0.2, -0.15) is 0 Å². The van der Waals surface area contributed by atoms with E-state index in [2.05, 4.69) is 40.1 Å². The first kappa shape index (κ1) is 21.9. The van der Waals surface area contributed by atoms with Crippen molar-refractivity contribution in [3.05, 3.63) is 89.5 Å². The average molecular weight is 449 g/mol. The van der Waals surface area contributed by atoms with Crippen LogP contribution in [0.4, 0.5) is 14.5 Å². The Labute approximate surface area is 194 Å². The second-order valence-electron chi connectivity index (χ2n) is 9.60. The molecule has 5 rings (SSSR count). The Kier molecular flexibility index (Phi) is 6.07. The van der Waals surface area contributed by atoms with E-state index in [9.17, 15) is 8.78 Å². The van der Waals surface area contributed by atoms with Crippen LogP contribution in [-0.2, 0) is 6.54 Å². The Morgan fingerprint density at radius 3 is 2.58 bits per heavy atom. The van der Waals surface area contributed by atoms with Gasteiger partial charge in [0, 0.05) is 43.7 Å². The standard InChI is InChI=1S/C28H30F2N2O/c1-21-15-26(27(17-25(21)30)33-24-10-5-9-23(29)16-24)32-14-12-28(20-32)11-6-13-31(19-28)18-22-7-3-2-4-8-22/h2-5,7-10,15-17H,6,11-14,18-20H2,1H3. The topological polar surface area (TPSA) is 15.7 Å². The number of halogens is 2. The van der Waals surface area contributed by atoms with Gasteiger partial charge in [0.15, 0.2) is 5.75 Å². The summed E-state index contributed by atoms with van der Waals surface area (Å²) in [4.78, 5) is 4.90. The molecule has 0 aliphatic carbocycles. The van der Waals surface area contributed by atoms with Crippen LogP contribution in [0.5, 0.6) is 11.5 Å². The molecule has 3 nitrogen and oxygen atoms in total. The lowest BCUT2D eigenvalue weighted by Gasteiger charge is -2.40. The number of anilines is 1. The van der Waals surface area contributed by atoms with Crippen molar-refractivity contribution >= 4 is 5.69 Å². The normalized spacial score (nSPS) is 21.0. The number of likely N-dealkylation sites (tertiary alicyclic amines) is 1. The first-order valence-corrected chi connectivity index (χ1v) is 11.7. The van der Waals surface area contributed by atoms with Crippen LogP contribution in [0.25, 0.3) is 0 Å². The van der Waals surface area contributed by atoms with Gasteiger partial charge in [0.25, 0.3) is 0 Å². The molecule has 0 saturated carbocycles. The fraction of sp³-hybridized carbons (Fsp3) is 0.357. The molecule has 2 saturated heterocycles. The van der Waals surface area contributed by atoms with E-state index in [1.165, 1.54) is 36.6 Å². The molecule has 2 aliphatic heterocycles. The molecule has 0 radical (unpaired) electrons. The van der Waals surface area contributed by atoms with Crippen LogP contribution in [0.1, 0.15) is 30.4 Å². The lowest BCUT2D eigenvalue weighted by molar-refractivity contribution is 0.0992. The Balaban J connectivity index is 1.35. The number of benzene rings is 3. The Morgan fingerprint density at radius 1 is 0.909 bits per heavy atom. The molecule has 1 unspecified atom stereocenters. The lowest BCUT2D eigenvalue weighted by Crippen LogP contribution is -2.44. The highest BCUT2D eigenvalue weighted by atomic mass is 19.1. The van der Waals surface area contributed by atoms with Gasteiger partial charge in [0.05, 0.1) is 5.69 Å². The van der Waals surface area contributed by atoms with Gasteiger partial charge in [-0.15, -0.1) is 0 Å². The van der Waals surface area contributed by atoms with E-state index < -0.39 is 0 Å². The zero-order valence-electron chi connectivity index (χ0n) is 19.1. The highest BCUT2D eigenvalue weighted by Gasteiger charge is 2.42. The van der Waals surface area contributed by atoms with Crippen LogP contribution in [0.2, 0.25) is 0 Å². The third-order valence-electron chi connectivity index (χ3n) is 7.03. The summed E-state index contributed by atoms with van der Waals surface area (Å²) in [5, 5.41) is 0. The van der Waals surface area contributed by atoms with E-state index in [4.69, 9.17) is 4.74 Å². The van der Waals surface area contributed by atoms with Crippen LogP contribution < -0.4 is 9.64 Å². The summed E-state index contributed by atoms with van der Waals surface area (Å²) >= 11 is 0. The fourth-order valence-electron chi connectivity index (χ4n) is 5.39. The van der Waals surface area contributed by atoms with Gasteiger partial charge in [0.2, 0.25) is 0 Å². The molecule has 3 aromatic carbocycles. The number of hydrogen-bond acceptors (Lipinski definition) is 3. The van der Waals surface area contributed by atoms with Crippen LogP contribution in [0.3, 0.4) is 0 Å². The maximum atomic E-state index is 14.5. The lowest BCUT2D eigenvalue weighted by atomic mass is 9.79. The Morgan fingerprint density at radius 2 is 1.76 bits per heavy atom. The van der Waals surface area contributed by atoms with Crippen molar-refractivity contribution in [3.63, 3.8) is 0 Å². The van der Waals surface area contributed by atoms with Gasteiger partial charge in [-0.1, -0.05) is 36.4 Å². The summed E-state index contributed by atoms with van der Waals surface area (Å²) in [6, 6.07) is 19.9. The Bertz CT molecular complexity index is 1120. The van der Waals surface area contributed by atoms with E-state index in [1.807, 2.05) is 6.07 Å². The van der Waals surface area contributed by atoms with Crippen LogP contribution in [0, 0.1) is 24.0 Å². The SMILES string of the molecule is Cc1cc(N2CCC3(CCCN(Cc4ccccc4)C3)C2)c(Oc2cccc(F)c2)cc1F. The molecular weight excluding hydrogens is 418 g/mol. The van der Waals surface area contributed by atoms with Gasteiger partial charge in [-0.25, -0.2) is 8.78 Å². The number of nitrogens with zero attached hydrogens (tertiary/aromatic N) is 2. The molecular formula is C28H30F2N2O. The van der Waals surface area contributed by atoms with Crippen LogP contribution in [0.15, 0.2) is 66.7 Å². The molecule has 2 fully saturated rings. The van der Waals surface area contributed by atoms with Crippen molar-refractivity contribution in [1.29, 1.82) is 0 Å². The first-order chi connectivity index (χ1) is 16.0. The number of piperidine rings is 1. The number of aryl methyl sites for hydroxylation is 1. The van der Waals surface area contributed by atoms with Gasteiger partial charge in [-0.05, 0) is 62.1 Å². The summed E-state index contributed by atoms with van der Waals surface area (Å²) in [7, 11) is 0. The minimum absolute atomic E-state index is 0.228. The molecule has 33 heavy (non-hydrogen) atoms. The number of ether oxygens (including phenoxy) is 1. The van der Waals surface area contributed by atoms with Crippen LogP contribution in [-0.4, -0.2) is 31.1 Å². The van der Waals surface area contributed by atoms with Crippen molar-refractivity contribution in [1.82, 2.24) is 4.90 Å². The van der Waals surface area contributed by atoms with Gasteiger partial charge in [-0.3, -0.25) is 4.90 Å². The van der Waals surface area contributed by atoms with Crippen molar-refractivity contribution in [3.8, 4) is 11.5 Å². The summed E-state index contributed by atoms with van der Waals surface area (Å²) in [5.74, 6) is 0.131. The van der Waals surface area contributed by atoms with E-state index >= 15 is 0 Å². The zero-order chi connectivity index (χ0) is 22.8. The quantitative estimate of drug-likeness (QED) is 0.440. The maximum absolute atomic E-state index is 14.5. The molecule has 0 amide bonds. The fourth-order valence-corrected chi connectivity index (χ4v) is 5.39. The zero-order valence-corrected chi connectivity index (χ0v) is 19.1. The largest absolute Gasteiger partial charge is 0.455 e. The van der Waals surface area contributed by atoms with Crippen molar-refractivity contribution in [2.24, 2.45) is 5.41 Å². The van der Waals surface area contributed by atoms with Gasteiger partial charge < -0.3 is 9.64 Å². The second-order valence-corrected chi connectivity index (χ2v) is 9.60. The van der Waals surface area contributed by atoms with E-state index in [0.717, 1.165) is 44.8 Å². The minimum atomic E-state index is -0.373. The third-order valence-corrected chi connectivity index (χ3v) is 7.03. The van der Waals surface area contributed by atoms with Crippen molar-refractivity contribution in [2.45, 2.75) is 32.7 Å². The summed E-state index contributed by atoms with van der Waals surface area (Å²) in [5.41, 5.74) is 3.05. The molecule has 5 heteroatoms. The molecule has 3 aromatic rings. The molecule has 172 valence electrons. The average Bonchev–Trinajstić information content (AvgIpc) is 3.19. The minimum Gasteiger partial charge on any atom is -0.455 e. The molecule has 1 atom stereocenters. The highest BCUT2D eigenvalue weighted by Crippen LogP contribution is 2.44. The molecule has 0 bridgehead atoms. The predicted octanol–water partition coefficient (Wildman–Crippen LogP) is 6.56. The van der Waals surface area contributed by atoms with Crippen LogP contribution >= 0.6 is 0 Å².